The maximum atomic E-state index is 5.34. The van der Waals surface area contributed by atoms with Crippen molar-refractivity contribution in [3.8, 4) is 0 Å². The molecule has 0 bridgehead atoms. The van der Waals surface area contributed by atoms with Gasteiger partial charge in [0, 0.05) is 19.3 Å². The summed E-state index contributed by atoms with van der Waals surface area (Å²) in [7, 11) is 1.79. The van der Waals surface area contributed by atoms with Crippen LogP contribution in [0, 0.1) is 6.92 Å². The fourth-order valence-corrected chi connectivity index (χ4v) is 2.05. The molecule has 3 nitrogen and oxygen atoms in total. The second-order valence-corrected chi connectivity index (χ2v) is 4.23. The van der Waals surface area contributed by atoms with E-state index < -0.39 is 0 Å². The molecule has 1 saturated carbocycles. The average molecular weight is 206 g/mol. The summed E-state index contributed by atoms with van der Waals surface area (Å²) < 4.78 is 5.34. The first-order valence-electron chi connectivity index (χ1n) is 5.50. The van der Waals surface area contributed by atoms with Crippen LogP contribution in [0.1, 0.15) is 24.8 Å². The lowest BCUT2D eigenvalue weighted by molar-refractivity contribution is 0.108. The van der Waals surface area contributed by atoms with Crippen molar-refractivity contribution in [1.82, 2.24) is 4.98 Å². The van der Waals surface area contributed by atoms with E-state index in [9.17, 15) is 0 Å². The van der Waals surface area contributed by atoms with E-state index in [1.54, 1.807) is 7.11 Å². The van der Waals surface area contributed by atoms with Crippen molar-refractivity contribution >= 4 is 5.82 Å². The number of hydrogen-bond acceptors (Lipinski definition) is 3. The zero-order chi connectivity index (χ0) is 10.7. The SMILES string of the molecule is COC1CCC(Nc2ccc(C)cn2)C1. The van der Waals surface area contributed by atoms with Crippen LogP contribution in [0.3, 0.4) is 0 Å². The van der Waals surface area contributed by atoms with Crippen LogP contribution in [0.5, 0.6) is 0 Å². The van der Waals surface area contributed by atoms with Crippen LogP contribution in [0.25, 0.3) is 0 Å². The monoisotopic (exact) mass is 206 g/mol. The minimum absolute atomic E-state index is 0.424. The van der Waals surface area contributed by atoms with Crippen molar-refractivity contribution in [2.24, 2.45) is 0 Å². The Morgan fingerprint density at radius 3 is 2.87 bits per heavy atom. The molecular weight excluding hydrogens is 188 g/mol. The van der Waals surface area contributed by atoms with E-state index in [4.69, 9.17) is 4.74 Å². The first-order valence-corrected chi connectivity index (χ1v) is 5.50. The lowest BCUT2D eigenvalue weighted by Crippen LogP contribution is -2.17. The molecule has 2 rings (SSSR count). The topological polar surface area (TPSA) is 34.1 Å². The first kappa shape index (κ1) is 10.4. The minimum Gasteiger partial charge on any atom is -0.381 e. The molecule has 0 radical (unpaired) electrons. The van der Waals surface area contributed by atoms with Gasteiger partial charge >= 0.3 is 0 Å². The number of rotatable bonds is 3. The van der Waals surface area contributed by atoms with Crippen molar-refractivity contribution in [1.29, 1.82) is 0 Å². The van der Waals surface area contributed by atoms with Crippen molar-refractivity contribution in [3.05, 3.63) is 23.9 Å². The van der Waals surface area contributed by atoms with Crippen molar-refractivity contribution in [3.63, 3.8) is 0 Å². The molecule has 0 aliphatic heterocycles. The number of anilines is 1. The quantitative estimate of drug-likeness (QED) is 0.824. The fourth-order valence-electron chi connectivity index (χ4n) is 2.05. The largest absolute Gasteiger partial charge is 0.381 e. The Hall–Kier alpha value is -1.09. The van der Waals surface area contributed by atoms with E-state index in [-0.39, 0.29) is 0 Å². The number of nitrogens with one attached hydrogen (secondary N) is 1. The van der Waals surface area contributed by atoms with Gasteiger partial charge in [0.25, 0.3) is 0 Å². The van der Waals surface area contributed by atoms with Crippen molar-refractivity contribution in [2.75, 3.05) is 12.4 Å². The van der Waals surface area contributed by atoms with Gasteiger partial charge in [-0.2, -0.15) is 0 Å². The molecule has 1 aliphatic carbocycles. The van der Waals surface area contributed by atoms with Crippen molar-refractivity contribution in [2.45, 2.75) is 38.3 Å². The Morgan fingerprint density at radius 1 is 1.40 bits per heavy atom. The maximum absolute atomic E-state index is 5.34. The highest BCUT2D eigenvalue weighted by Crippen LogP contribution is 2.24. The van der Waals surface area contributed by atoms with Crippen molar-refractivity contribution < 1.29 is 4.74 Å². The molecule has 0 spiro atoms. The number of ether oxygens (including phenoxy) is 1. The van der Waals surface area contributed by atoms with Gasteiger partial charge in [-0.1, -0.05) is 6.07 Å². The molecule has 2 unspecified atom stereocenters. The third kappa shape index (κ3) is 2.69. The highest BCUT2D eigenvalue weighted by Gasteiger charge is 2.24. The van der Waals surface area contributed by atoms with Gasteiger partial charge in [-0.05, 0) is 37.8 Å². The van der Waals surface area contributed by atoms with Gasteiger partial charge in [-0.3, -0.25) is 0 Å². The summed E-state index contributed by atoms with van der Waals surface area (Å²) in [6.45, 7) is 2.05. The van der Waals surface area contributed by atoms with Gasteiger partial charge in [0.05, 0.1) is 6.10 Å². The van der Waals surface area contributed by atoms with Crippen LogP contribution in [-0.4, -0.2) is 24.2 Å². The predicted octanol–water partition coefficient (Wildman–Crippen LogP) is 2.37. The zero-order valence-corrected chi connectivity index (χ0v) is 9.36. The van der Waals surface area contributed by atoms with Crippen LogP contribution in [-0.2, 0) is 4.74 Å². The molecule has 0 amide bonds. The number of aromatic nitrogens is 1. The van der Waals surface area contributed by atoms with Crippen LogP contribution in [0.4, 0.5) is 5.82 Å². The summed E-state index contributed by atoms with van der Waals surface area (Å²) >= 11 is 0. The number of aryl methyl sites for hydroxylation is 1. The number of hydrogen-bond donors (Lipinski definition) is 1. The standard InChI is InChI=1S/C12H18N2O/c1-9-3-6-12(13-8-9)14-10-4-5-11(7-10)15-2/h3,6,8,10-11H,4-5,7H2,1-2H3,(H,13,14). The lowest BCUT2D eigenvalue weighted by Gasteiger charge is -2.13. The van der Waals surface area contributed by atoms with Gasteiger partial charge in [0.15, 0.2) is 0 Å². The third-order valence-corrected chi connectivity index (χ3v) is 2.98. The van der Waals surface area contributed by atoms with E-state index in [0.29, 0.717) is 12.1 Å². The average Bonchev–Trinajstić information content (AvgIpc) is 2.69. The van der Waals surface area contributed by atoms with Gasteiger partial charge in [-0.25, -0.2) is 4.98 Å². The van der Waals surface area contributed by atoms with Gasteiger partial charge in [0.2, 0.25) is 0 Å². The third-order valence-electron chi connectivity index (χ3n) is 2.98. The Balaban J connectivity index is 1.90. The van der Waals surface area contributed by atoms with Crippen LogP contribution in [0.15, 0.2) is 18.3 Å². The second kappa shape index (κ2) is 4.62. The number of pyridine rings is 1. The molecule has 1 heterocycles. The fraction of sp³-hybridized carbons (Fsp3) is 0.583. The van der Waals surface area contributed by atoms with E-state index in [1.165, 1.54) is 12.0 Å². The van der Waals surface area contributed by atoms with Crippen LogP contribution >= 0.6 is 0 Å². The van der Waals surface area contributed by atoms with Gasteiger partial charge in [-0.15, -0.1) is 0 Å². The van der Waals surface area contributed by atoms with E-state index in [0.717, 1.165) is 18.7 Å². The summed E-state index contributed by atoms with van der Waals surface area (Å²) in [6, 6.07) is 4.64. The predicted molar refractivity (Wildman–Crippen MR) is 61.0 cm³/mol. The summed E-state index contributed by atoms with van der Waals surface area (Å²) in [4.78, 5) is 4.34. The lowest BCUT2D eigenvalue weighted by atomic mass is 10.2. The Labute approximate surface area is 90.9 Å². The molecule has 1 aromatic heterocycles. The molecular formula is C12H18N2O. The van der Waals surface area contributed by atoms with Crippen LogP contribution < -0.4 is 5.32 Å². The smallest absolute Gasteiger partial charge is 0.126 e. The second-order valence-electron chi connectivity index (χ2n) is 4.23. The molecule has 3 heteroatoms. The molecule has 1 fully saturated rings. The molecule has 1 aromatic rings. The van der Waals surface area contributed by atoms with Crippen LogP contribution in [0.2, 0.25) is 0 Å². The minimum atomic E-state index is 0.424. The summed E-state index contributed by atoms with van der Waals surface area (Å²) in [5, 5.41) is 3.44. The van der Waals surface area contributed by atoms with E-state index in [1.807, 2.05) is 19.2 Å². The van der Waals surface area contributed by atoms with E-state index in [2.05, 4.69) is 16.4 Å². The molecule has 2 atom stereocenters. The summed E-state index contributed by atoms with van der Waals surface area (Å²) in [5.41, 5.74) is 1.20. The number of nitrogens with zero attached hydrogens (tertiary/aromatic N) is 1. The maximum Gasteiger partial charge on any atom is 0.126 e. The molecule has 1 aliphatic rings. The summed E-state index contributed by atoms with van der Waals surface area (Å²) in [5.74, 6) is 0.974. The van der Waals surface area contributed by atoms with Gasteiger partial charge in [0.1, 0.15) is 5.82 Å². The van der Waals surface area contributed by atoms with Gasteiger partial charge < -0.3 is 10.1 Å². The van der Waals surface area contributed by atoms with E-state index >= 15 is 0 Å². The molecule has 0 aromatic carbocycles. The Kier molecular flexibility index (Phi) is 3.21. The molecule has 15 heavy (non-hydrogen) atoms. The highest BCUT2D eigenvalue weighted by atomic mass is 16.5. The summed E-state index contributed by atoms with van der Waals surface area (Å²) in [6.07, 6.45) is 5.73. The normalized spacial score (nSPS) is 25.5. The first-order chi connectivity index (χ1) is 7.28. The molecule has 1 N–H and O–H groups in total. The molecule has 82 valence electrons. The Morgan fingerprint density at radius 2 is 2.27 bits per heavy atom. The zero-order valence-electron chi connectivity index (χ0n) is 9.36. The molecule has 0 saturated heterocycles. The number of methoxy groups -OCH3 is 1. The Bertz CT molecular complexity index is 310. The highest BCUT2D eigenvalue weighted by molar-refractivity contribution is 5.36.